The minimum absolute atomic E-state index is 0.0679. The summed E-state index contributed by atoms with van der Waals surface area (Å²) in [6.45, 7) is 0.722. The van der Waals surface area contributed by atoms with Gasteiger partial charge >= 0.3 is 0 Å². The minimum atomic E-state index is -3.67. The molecule has 3 aromatic rings. The number of carbonyl (C=O) groups is 1. The standard InChI is InChI=1S/C23H22N2O6S/c26-23(24-14-19-16-30-21-5-1-2-6-22(21)31-19)12-9-17-7-10-20(11-8-17)32(27,28)25-15-18-4-3-13-29-18/h1-13,19,25H,14-16H2,(H,24,26)/b12-9+. The third-order valence-electron chi connectivity index (χ3n) is 4.71. The van der Waals surface area contributed by atoms with Gasteiger partial charge in [0.15, 0.2) is 11.5 Å². The van der Waals surface area contributed by atoms with Crippen molar-refractivity contribution >= 4 is 22.0 Å². The molecule has 1 aromatic heterocycles. The van der Waals surface area contributed by atoms with E-state index in [1.54, 1.807) is 30.3 Å². The van der Waals surface area contributed by atoms with E-state index in [0.717, 1.165) is 0 Å². The zero-order valence-electron chi connectivity index (χ0n) is 17.1. The lowest BCUT2D eigenvalue weighted by atomic mass is 10.2. The highest BCUT2D eigenvalue weighted by molar-refractivity contribution is 7.89. The Bertz CT molecular complexity index is 1190. The molecular formula is C23H22N2O6S. The molecule has 4 rings (SSSR count). The van der Waals surface area contributed by atoms with E-state index in [0.29, 0.717) is 36.0 Å². The predicted molar refractivity (Wildman–Crippen MR) is 118 cm³/mol. The van der Waals surface area contributed by atoms with Gasteiger partial charge in [-0.1, -0.05) is 24.3 Å². The van der Waals surface area contributed by atoms with Crippen LogP contribution in [0, 0.1) is 0 Å². The van der Waals surface area contributed by atoms with Crippen LogP contribution in [0.4, 0.5) is 0 Å². The molecule has 0 spiro atoms. The zero-order chi connectivity index (χ0) is 22.4. The van der Waals surface area contributed by atoms with E-state index in [1.165, 1.54) is 24.5 Å². The van der Waals surface area contributed by atoms with Crippen LogP contribution < -0.4 is 19.5 Å². The van der Waals surface area contributed by atoms with Gasteiger partial charge in [0, 0.05) is 6.08 Å². The molecule has 8 nitrogen and oxygen atoms in total. The number of benzene rings is 2. The highest BCUT2D eigenvalue weighted by atomic mass is 32.2. The quantitative estimate of drug-likeness (QED) is 0.507. The van der Waals surface area contributed by atoms with Gasteiger partial charge in [0.25, 0.3) is 0 Å². The second-order valence-electron chi connectivity index (χ2n) is 7.05. The van der Waals surface area contributed by atoms with Crippen LogP contribution in [-0.4, -0.2) is 33.6 Å². The number of ether oxygens (including phenoxy) is 2. The fourth-order valence-electron chi connectivity index (χ4n) is 3.03. The highest BCUT2D eigenvalue weighted by Crippen LogP contribution is 2.30. The minimum Gasteiger partial charge on any atom is -0.486 e. The number of fused-ring (bicyclic) bond motifs is 1. The first-order chi connectivity index (χ1) is 15.5. The molecule has 9 heteroatoms. The lowest BCUT2D eigenvalue weighted by Gasteiger charge is -2.26. The Balaban J connectivity index is 1.26. The number of para-hydroxylation sites is 2. The van der Waals surface area contributed by atoms with Crippen LogP contribution in [0.1, 0.15) is 11.3 Å². The molecule has 0 fully saturated rings. The van der Waals surface area contributed by atoms with Crippen molar-refractivity contribution in [2.45, 2.75) is 17.5 Å². The summed E-state index contributed by atoms with van der Waals surface area (Å²) in [6.07, 6.45) is 4.20. The molecule has 2 aromatic carbocycles. The number of hydrogen-bond donors (Lipinski definition) is 2. The van der Waals surface area contributed by atoms with Crippen LogP contribution in [0.3, 0.4) is 0 Å². The summed E-state index contributed by atoms with van der Waals surface area (Å²) in [6, 6.07) is 17.0. The molecule has 2 N–H and O–H groups in total. The van der Waals surface area contributed by atoms with Gasteiger partial charge in [0.2, 0.25) is 15.9 Å². The van der Waals surface area contributed by atoms with Gasteiger partial charge in [-0.2, -0.15) is 0 Å². The van der Waals surface area contributed by atoms with E-state index in [1.807, 2.05) is 24.3 Å². The van der Waals surface area contributed by atoms with Gasteiger partial charge in [-0.25, -0.2) is 13.1 Å². The number of hydrogen-bond acceptors (Lipinski definition) is 6. The van der Waals surface area contributed by atoms with Crippen molar-refractivity contribution in [1.82, 2.24) is 10.0 Å². The van der Waals surface area contributed by atoms with Crippen molar-refractivity contribution in [2.75, 3.05) is 13.2 Å². The van der Waals surface area contributed by atoms with Crippen LogP contribution in [0.15, 0.2) is 82.3 Å². The van der Waals surface area contributed by atoms with Gasteiger partial charge in [-0.15, -0.1) is 0 Å². The first kappa shape index (κ1) is 21.7. The van der Waals surface area contributed by atoms with E-state index < -0.39 is 10.0 Å². The predicted octanol–water partition coefficient (Wildman–Crippen LogP) is 2.73. The van der Waals surface area contributed by atoms with E-state index >= 15 is 0 Å². The van der Waals surface area contributed by atoms with Crippen LogP contribution in [-0.2, 0) is 21.4 Å². The fraction of sp³-hybridized carbons (Fsp3) is 0.174. The van der Waals surface area contributed by atoms with Crippen molar-refractivity contribution in [2.24, 2.45) is 0 Å². The maximum atomic E-state index is 12.4. The maximum Gasteiger partial charge on any atom is 0.244 e. The molecule has 0 saturated carbocycles. The molecule has 1 aliphatic heterocycles. The maximum absolute atomic E-state index is 12.4. The average Bonchev–Trinajstić information content (AvgIpc) is 3.34. The fourth-order valence-corrected chi connectivity index (χ4v) is 4.02. The van der Waals surface area contributed by atoms with Crippen LogP contribution >= 0.6 is 0 Å². The second-order valence-corrected chi connectivity index (χ2v) is 8.82. The largest absolute Gasteiger partial charge is 0.486 e. The monoisotopic (exact) mass is 454 g/mol. The Morgan fingerprint density at radius 2 is 1.81 bits per heavy atom. The lowest BCUT2D eigenvalue weighted by Crippen LogP contribution is -2.40. The first-order valence-corrected chi connectivity index (χ1v) is 11.4. The second kappa shape index (κ2) is 9.71. The van der Waals surface area contributed by atoms with Gasteiger partial charge in [0.05, 0.1) is 24.2 Å². The summed E-state index contributed by atoms with van der Waals surface area (Å²) in [5.41, 5.74) is 0.691. The zero-order valence-corrected chi connectivity index (χ0v) is 17.9. The highest BCUT2D eigenvalue weighted by Gasteiger charge is 2.20. The number of amides is 1. The number of rotatable bonds is 8. The van der Waals surface area contributed by atoms with Crippen LogP contribution in [0.5, 0.6) is 11.5 Å². The summed E-state index contributed by atoms with van der Waals surface area (Å²) in [4.78, 5) is 12.2. The number of nitrogens with one attached hydrogen (secondary N) is 2. The van der Waals surface area contributed by atoms with Crippen molar-refractivity contribution in [3.63, 3.8) is 0 Å². The Morgan fingerprint density at radius 3 is 2.56 bits per heavy atom. The van der Waals surface area contributed by atoms with Crippen LogP contribution in [0.2, 0.25) is 0 Å². The van der Waals surface area contributed by atoms with Gasteiger partial charge in [0.1, 0.15) is 18.5 Å². The molecule has 0 radical (unpaired) electrons. The van der Waals surface area contributed by atoms with Gasteiger partial charge in [-0.3, -0.25) is 4.79 Å². The summed E-state index contributed by atoms with van der Waals surface area (Å²) < 4.78 is 43.7. The van der Waals surface area contributed by atoms with Crippen molar-refractivity contribution in [3.8, 4) is 11.5 Å². The molecule has 1 unspecified atom stereocenters. The molecule has 0 aliphatic carbocycles. The number of furan rings is 1. The molecule has 1 aliphatic rings. The third kappa shape index (κ3) is 5.57. The summed E-state index contributed by atoms with van der Waals surface area (Å²) in [5, 5.41) is 2.77. The third-order valence-corrected chi connectivity index (χ3v) is 6.12. The molecule has 1 atom stereocenters. The number of carbonyl (C=O) groups excluding carboxylic acids is 1. The molecular weight excluding hydrogens is 432 g/mol. The molecule has 2 heterocycles. The normalized spacial score (nSPS) is 15.6. The van der Waals surface area contributed by atoms with Crippen molar-refractivity contribution in [1.29, 1.82) is 0 Å². The molecule has 0 saturated heterocycles. The van der Waals surface area contributed by atoms with E-state index in [4.69, 9.17) is 13.9 Å². The summed E-state index contributed by atoms with van der Waals surface area (Å²) >= 11 is 0. The Kier molecular flexibility index (Phi) is 6.58. The van der Waals surface area contributed by atoms with E-state index in [2.05, 4.69) is 10.0 Å². The number of sulfonamides is 1. The smallest absolute Gasteiger partial charge is 0.244 e. The Hall–Kier alpha value is -3.56. The molecule has 32 heavy (non-hydrogen) atoms. The molecule has 1 amide bonds. The van der Waals surface area contributed by atoms with E-state index in [9.17, 15) is 13.2 Å². The molecule has 166 valence electrons. The van der Waals surface area contributed by atoms with E-state index in [-0.39, 0.29) is 23.5 Å². The Labute approximate surface area is 185 Å². The topological polar surface area (TPSA) is 107 Å². The summed E-state index contributed by atoms with van der Waals surface area (Å²) in [7, 11) is -3.67. The van der Waals surface area contributed by atoms with Gasteiger partial charge in [-0.05, 0) is 48.0 Å². The SMILES string of the molecule is O=C(/C=C/c1ccc(S(=O)(=O)NCc2ccco2)cc1)NCC1COc2ccccc2O1. The van der Waals surface area contributed by atoms with Gasteiger partial charge < -0.3 is 19.2 Å². The van der Waals surface area contributed by atoms with Crippen molar-refractivity contribution in [3.05, 3.63) is 84.3 Å². The molecule has 0 bridgehead atoms. The summed E-state index contributed by atoms with van der Waals surface area (Å²) in [5.74, 6) is 1.58. The Morgan fingerprint density at radius 1 is 1.03 bits per heavy atom. The van der Waals surface area contributed by atoms with Crippen LogP contribution in [0.25, 0.3) is 6.08 Å². The van der Waals surface area contributed by atoms with Crippen molar-refractivity contribution < 1.29 is 27.1 Å². The lowest BCUT2D eigenvalue weighted by molar-refractivity contribution is -0.116. The first-order valence-electron chi connectivity index (χ1n) is 9.96. The average molecular weight is 455 g/mol.